The molecule has 17 heteroatoms. The van der Waals surface area contributed by atoms with Crippen LogP contribution >= 0.6 is 11.3 Å². The number of hydrogen-bond donors (Lipinski definition) is 3. The first-order valence-corrected chi connectivity index (χ1v) is 25.7. The van der Waals surface area contributed by atoms with Crippen molar-refractivity contribution in [3.8, 4) is 17.2 Å². The Bertz CT molecular complexity index is 2810. The van der Waals surface area contributed by atoms with E-state index in [1.165, 1.54) is 29.6 Å². The van der Waals surface area contributed by atoms with Crippen molar-refractivity contribution in [1.29, 1.82) is 0 Å². The minimum atomic E-state index is -3.63. The molecule has 1 saturated heterocycles. The molecular formula is C51H55N5O10S2. The first-order chi connectivity index (χ1) is 32.8. The number of aryl methyl sites for hydroxylation is 1. The van der Waals surface area contributed by atoms with Gasteiger partial charge in [0, 0.05) is 53.8 Å². The maximum Gasteiger partial charge on any atom is 0.264 e. The van der Waals surface area contributed by atoms with Crippen molar-refractivity contribution in [2.45, 2.75) is 77.2 Å². The fourth-order valence-corrected chi connectivity index (χ4v) is 10.8. The second kappa shape index (κ2) is 21.2. The lowest BCUT2D eigenvalue weighted by atomic mass is 10.0. The highest BCUT2D eigenvalue weighted by atomic mass is 32.2. The zero-order valence-electron chi connectivity index (χ0n) is 38.3. The van der Waals surface area contributed by atoms with Gasteiger partial charge in [-0.05, 0) is 104 Å². The van der Waals surface area contributed by atoms with Gasteiger partial charge in [0.15, 0.2) is 11.5 Å². The number of rotatable bonds is 22. The van der Waals surface area contributed by atoms with Crippen molar-refractivity contribution in [3.63, 3.8) is 0 Å². The molecule has 356 valence electrons. The molecule has 0 aliphatic carbocycles. The Hall–Kier alpha value is -6.56. The van der Waals surface area contributed by atoms with E-state index in [0.29, 0.717) is 67.6 Å². The van der Waals surface area contributed by atoms with Crippen LogP contribution in [0.15, 0.2) is 90.3 Å². The number of fused-ring (bicyclic) bond motifs is 2. The smallest absolute Gasteiger partial charge is 0.264 e. The lowest BCUT2D eigenvalue weighted by molar-refractivity contribution is -0.136. The van der Waals surface area contributed by atoms with Crippen LogP contribution in [-0.2, 0) is 52.0 Å². The Morgan fingerprint density at radius 3 is 2.29 bits per heavy atom. The van der Waals surface area contributed by atoms with Gasteiger partial charge >= 0.3 is 0 Å². The summed E-state index contributed by atoms with van der Waals surface area (Å²) in [4.78, 5) is 68.5. The fourth-order valence-electron chi connectivity index (χ4n) is 8.90. The highest BCUT2D eigenvalue weighted by Gasteiger charge is 2.44. The van der Waals surface area contributed by atoms with E-state index in [0.717, 1.165) is 65.1 Å². The minimum absolute atomic E-state index is 0.182. The maximum atomic E-state index is 14.0. The summed E-state index contributed by atoms with van der Waals surface area (Å²) < 4.78 is 42.5. The minimum Gasteiger partial charge on any atom is -0.493 e. The first kappa shape index (κ1) is 47.9. The number of ether oxygens (including phenoxy) is 3. The fraction of sp³-hybridized carbons (Fsp3) is 0.353. The molecule has 1 fully saturated rings. The molecule has 4 heterocycles. The highest BCUT2D eigenvalue weighted by Crippen LogP contribution is 2.39. The van der Waals surface area contributed by atoms with Crippen LogP contribution in [0.5, 0.6) is 17.2 Å². The number of carbonyl (C=O) groups is 5. The summed E-state index contributed by atoms with van der Waals surface area (Å²) in [7, 11) is -2.12. The van der Waals surface area contributed by atoms with Gasteiger partial charge in [0.05, 0.1) is 42.2 Å². The number of nitrogens with zero attached hydrogens (tertiary/aromatic N) is 2. The van der Waals surface area contributed by atoms with E-state index in [1.807, 2.05) is 36.6 Å². The average molecular weight is 962 g/mol. The van der Waals surface area contributed by atoms with Crippen molar-refractivity contribution in [3.05, 3.63) is 140 Å². The van der Waals surface area contributed by atoms with Gasteiger partial charge in [-0.15, -0.1) is 11.3 Å². The third kappa shape index (κ3) is 10.9. The molecule has 15 nitrogen and oxygen atoms in total. The number of sulfone groups is 1. The number of piperidine rings is 1. The predicted molar refractivity (Wildman–Crippen MR) is 258 cm³/mol. The van der Waals surface area contributed by atoms with Crippen molar-refractivity contribution < 1.29 is 46.6 Å². The van der Waals surface area contributed by atoms with Gasteiger partial charge < -0.3 is 29.7 Å². The van der Waals surface area contributed by atoms with Crippen LogP contribution in [-0.4, -0.2) is 92.6 Å². The molecule has 4 aromatic carbocycles. The van der Waals surface area contributed by atoms with E-state index in [-0.39, 0.29) is 29.4 Å². The van der Waals surface area contributed by atoms with Crippen LogP contribution in [0, 0.1) is 0 Å². The average Bonchev–Trinajstić information content (AvgIpc) is 3.96. The Morgan fingerprint density at radius 2 is 1.57 bits per heavy atom. The number of carbonyl (C=O) groups excluding carboxylic acids is 5. The van der Waals surface area contributed by atoms with E-state index >= 15 is 0 Å². The van der Waals surface area contributed by atoms with Crippen molar-refractivity contribution >= 4 is 56.4 Å². The Morgan fingerprint density at radius 1 is 0.824 bits per heavy atom. The lowest BCUT2D eigenvalue weighted by Gasteiger charge is -2.29. The zero-order valence-corrected chi connectivity index (χ0v) is 39.9. The number of benzene rings is 4. The molecule has 68 heavy (non-hydrogen) atoms. The number of thiophene rings is 1. The largest absolute Gasteiger partial charge is 0.493 e. The maximum absolute atomic E-state index is 14.0. The van der Waals surface area contributed by atoms with Gasteiger partial charge in [0.1, 0.15) is 28.2 Å². The molecule has 5 aromatic rings. The van der Waals surface area contributed by atoms with Crippen LogP contribution in [0.1, 0.15) is 102 Å². The molecule has 3 aliphatic rings. The molecule has 1 aromatic heterocycles. The third-order valence-corrected chi connectivity index (χ3v) is 14.3. The van der Waals surface area contributed by atoms with Crippen molar-refractivity contribution in [2.75, 3.05) is 44.1 Å². The predicted octanol–water partition coefficient (Wildman–Crippen LogP) is 6.64. The summed E-state index contributed by atoms with van der Waals surface area (Å²) >= 11 is 1.48. The van der Waals surface area contributed by atoms with Gasteiger partial charge in [-0.25, -0.2) is 8.42 Å². The number of unbranched alkanes of at least 4 members (excludes halogenated alkanes) is 1. The molecular weight excluding hydrogens is 907 g/mol. The molecule has 0 spiro atoms. The molecule has 3 aliphatic heterocycles. The first-order valence-electron chi connectivity index (χ1n) is 22.8. The highest BCUT2D eigenvalue weighted by molar-refractivity contribution is 7.90. The summed E-state index contributed by atoms with van der Waals surface area (Å²) in [5.74, 6) is -0.887. The van der Waals surface area contributed by atoms with E-state index in [1.54, 1.807) is 41.3 Å². The Labute approximate surface area is 400 Å². The Kier molecular flexibility index (Phi) is 14.9. The van der Waals surface area contributed by atoms with Gasteiger partial charge in [-0.1, -0.05) is 48.5 Å². The number of amides is 5. The van der Waals surface area contributed by atoms with Crippen LogP contribution in [0.4, 0.5) is 5.69 Å². The summed E-state index contributed by atoms with van der Waals surface area (Å²) in [5.41, 5.74) is 6.53. The van der Waals surface area contributed by atoms with Crippen LogP contribution < -0.4 is 30.2 Å². The number of hydrogen-bond acceptors (Lipinski definition) is 13. The van der Waals surface area contributed by atoms with E-state index in [4.69, 9.17) is 14.2 Å². The monoisotopic (exact) mass is 961 g/mol. The number of methoxy groups -OCH3 is 1. The normalized spacial score (nSPS) is 16.2. The Balaban J connectivity index is 0.754. The van der Waals surface area contributed by atoms with E-state index < -0.39 is 45.4 Å². The quantitative estimate of drug-likeness (QED) is 0.0496. The molecule has 8 rings (SSSR count). The molecule has 1 unspecified atom stereocenters. The van der Waals surface area contributed by atoms with Gasteiger partial charge in [0.2, 0.25) is 11.8 Å². The van der Waals surface area contributed by atoms with Gasteiger partial charge in [-0.2, -0.15) is 0 Å². The second-order valence-electron chi connectivity index (χ2n) is 17.2. The van der Waals surface area contributed by atoms with Gasteiger partial charge in [0.25, 0.3) is 17.7 Å². The molecule has 3 N–H and O–H groups in total. The molecule has 0 bridgehead atoms. The summed E-state index contributed by atoms with van der Waals surface area (Å²) in [6.07, 6.45) is 5.13. The van der Waals surface area contributed by atoms with Crippen LogP contribution in [0.3, 0.4) is 0 Å². The summed E-state index contributed by atoms with van der Waals surface area (Å²) in [6.45, 7) is 4.90. The molecule has 5 amide bonds. The lowest BCUT2D eigenvalue weighted by Crippen LogP contribution is -2.52. The van der Waals surface area contributed by atoms with E-state index in [2.05, 4.69) is 40.2 Å². The number of nitrogens with one attached hydrogen (secondary N) is 3. The second-order valence-corrected chi connectivity index (χ2v) is 20.3. The van der Waals surface area contributed by atoms with Gasteiger partial charge in [-0.3, -0.25) is 34.2 Å². The summed E-state index contributed by atoms with van der Waals surface area (Å²) in [5, 5.41) is 11.0. The zero-order chi connectivity index (χ0) is 48.0. The molecule has 0 saturated carbocycles. The van der Waals surface area contributed by atoms with Crippen molar-refractivity contribution in [2.24, 2.45) is 0 Å². The third-order valence-electron chi connectivity index (χ3n) is 12.4. The van der Waals surface area contributed by atoms with Crippen LogP contribution in [0.25, 0.3) is 0 Å². The number of anilines is 1. The van der Waals surface area contributed by atoms with Crippen LogP contribution in [0.2, 0.25) is 0 Å². The topological polar surface area (TPSA) is 190 Å². The molecule has 2 atom stereocenters. The van der Waals surface area contributed by atoms with Crippen molar-refractivity contribution in [1.82, 2.24) is 20.4 Å². The van der Waals surface area contributed by atoms with E-state index in [9.17, 15) is 32.4 Å². The SMILES string of the molecule is CCOc1cc([C@@H](CS(C)(=O)=O)N2C(=O)c3cccc(NCCCCc4ccc(CCNCc5ccc(OCc6scc7c6CN(C6CCC(=O)NC6=O)C7=O)cc5)cc4)c3C2=O)ccc1OC. The number of imide groups is 2. The summed E-state index contributed by atoms with van der Waals surface area (Å²) in [6, 6.07) is 24.9. The standard InChI is InChI=1S/C51H55N5O10S2/c1-4-65-44-26-35(17-21-43(44)64-2)42(31-68(3,62)63)56-50(60)37-9-7-10-40(47(37)51(56)61)53-24-6-5-8-32-11-13-33(14-12-32)23-25-52-27-34-15-18-36(19-16-34)66-29-45-38-28-55(49(59)39(38)30-67-45)41-20-22-46(57)54-48(41)58/h7,9-19,21,26,30,41-42,52-53H,4-6,8,20,22-25,27-29,31H2,1-3H3,(H,54,57,58)/t41?,42-/m1/s1. The molecule has 0 radical (unpaired) electrons.